The Morgan fingerprint density at radius 3 is 2.42 bits per heavy atom. The highest BCUT2D eigenvalue weighted by Crippen LogP contribution is 2.32. The molecule has 0 aliphatic rings. The van der Waals surface area contributed by atoms with E-state index < -0.39 is 0 Å². The number of unbranched alkanes of at least 4 members (excludes halogenated alkanes) is 8. The lowest BCUT2D eigenvalue weighted by Gasteiger charge is -2.18. The molecule has 2 aromatic rings. The first-order valence-electron chi connectivity index (χ1n) is 12.0. The molecule has 0 aliphatic heterocycles. The first-order chi connectivity index (χ1) is 15.2. The summed E-state index contributed by atoms with van der Waals surface area (Å²) >= 11 is 3.53. The molecule has 31 heavy (non-hydrogen) atoms. The third kappa shape index (κ3) is 9.05. The summed E-state index contributed by atoms with van der Waals surface area (Å²) in [6.45, 7) is 4.49. The molecule has 0 radical (unpaired) electrons. The fourth-order valence-electron chi connectivity index (χ4n) is 3.83. The number of amides is 1. The summed E-state index contributed by atoms with van der Waals surface area (Å²) < 4.78 is 0. The van der Waals surface area contributed by atoms with Gasteiger partial charge < -0.3 is 5.32 Å². The Balaban J connectivity index is 2.02. The molecule has 1 amide bonds. The third-order valence-electron chi connectivity index (χ3n) is 5.66. The van der Waals surface area contributed by atoms with E-state index in [1.165, 1.54) is 57.8 Å². The molecule has 1 aromatic carbocycles. The van der Waals surface area contributed by atoms with E-state index in [1.807, 2.05) is 36.3 Å². The van der Waals surface area contributed by atoms with Crippen LogP contribution >= 0.6 is 23.5 Å². The van der Waals surface area contributed by atoms with Crippen LogP contribution in [-0.4, -0.2) is 28.1 Å². The van der Waals surface area contributed by atoms with Gasteiger partial charge in [-0.05, 0) is 30.9 Å². The molecule has 0 saturated carbocycles. The molecule has 1 heterocycles. The molecule has 0 saturated heterocycles. The van der Waals surface area contributed by atoms with Crippen molar-refractivity contribution in [1.29, 1.82) is 0 Å². The Labute approximate surface area is 197 Å². The number of rotatable bonds is 16. The standard InChI is InChI=1S/C26H40N2OS2/c1-4-6-8-10-11-12-17-23(31-18-13-9-7-5-2)26(29)28-22-16-14-15-21-19-27-20-24(30-3)25(21)22/h14-16,19-20,23H,4-13,17-18H2,1-3H3,(H,28,29). The van der Waals surface area contributed by atoms with Crippen LogP contribution in [0.3, 0.4) is 0 Å². The number of pyridine rings is 1. The van der Waals surface area contributed by atoms with Crippen molar-refractivity contribution in [3.63, 3.8) is 0 Å². The third-order valence-corrected chi connectivity index (χ3v) is 7.78. The van der Waals surface area contributed by atoms with Gasteiger partial charge in [0.25, 0.3) is 0 Å². The first kappa shape index (κ1) is 26.1. The van der Waals surface area contributed by atoms with Crippen LogP contribution in [-0.2, 0) is 4.79 Å². The van der Waals surface area contributed by atoms with Crippen LogP contribution in [0.15, 0.2) is 35.5 Å². The van der Waals surface area contributed by atoms with Gasteiger partial charge in [0, 0.05) is 33.7 Å². The van der Waals surface area contributed by atoms with Crippen LogP contribution in [0.4, 0.5) is 5.69 Å². The molecule has 1 atom stereocenters. The smallest absolute Gasteiger partial charge is 0.237 e. The summed E-state index contributed by atoms with van der Waals surface area (Å²) in [5.74, 6) is 1.23. The fourth-order valence-corrected chi connectivity index (χ4v) is 5.63. The maximum atomic E-state index is 13.3. The van der Waals surface area contributed by atoms with Crippen molar-refractivity contribution >= 4 is 45.9 Å². The SMILES string of the molecule is CCCCCCCCC(SCCCCCC)C(=O)Nc1cccc2cncc(SC)c12. The largest absolute Gasteiger partial charge is 0.325 e. The molecular weight excluding hydrogens is 420 g/mol. The molecule has 0 fully saturated rings. The number of nitrogens with zero attached hydrogens (tertiary/aromatic N) is 1. The van der Waals surface area contributed by atoms with Crippen LogP contribution < -0.4 is 5.32 Å². The summed E-state index contributed by atoms with van der Waals surface area (Å²) in [5.41, 5.74) is 0.911. The van der Waals surface area contributed by atoms with E-state index in [2.05, 4.69) is 36.5 Å². The molecule has 1 aromatic heterocycles. The predicted molar refractivity (Wildman–Crippen MR) is 141 cm³/mol. The predicted octanol–water partition coefficient (Wildman–Crippen LogP) is 8.33. The van der Waals surface area contributed by atoms with E-state index in [9.17, 15) is 4.79 Å². The number of benzene rings is 1. The van der Waals surface area contributed by atoms with Gasteiger partial charge in [0.05, 0.1) is 5.25 Å². The molecule has 1 unspecified atom stereocenters. The number of hydrogen-bond donors (Lipinski definition) is 1. The maximum absolute atomic E-state index is 13.3. The number of nitrogens with one attached hydrogen (secondary N) is 1. The number of thioether (sulfide) groups is 2. The van der Waals surface area contributed by atoms with Crippen molar-refractivity contribution < 1.29 is 4.79 Å². The molecule has 172 valence electrons. The molecule has 5 heteroatoms. The van der Waals surface area contributed by atoms with Gasteiger partial charge in [-0.15, -0.1) is 23.5 Å². The average molecular weight is 461 g/mol. The summed E-state index contributed by atoms with van der Waals surface area (Å²) in [4.78, 5) is 18.7. The van der Waals surface area contributed by atoms with Gasteiger partial charge in [-0.2, -0.15) is 0 Å². The van der Waals surface area contributed by atoms with Crippen molar-refractivity contribution in [1.82, 2.24) is 4.98 Å². The van der Waals surface area contributed by atoms with Gasteiger partial charge in [-0.3, -0.25) is 9.78 Å². The van der Waals surface area contributed by atoms with E-state index in [1.54, 1.807) is 11.8 Å². The molecule has 2 rings (SSSR count). The second kappa shape index (κ2) is 15.6. The summed E-state index contributed by atoms with van der Waals surface area (Å²) in [5, 5.41) is 5.48. The van der Waals surface area contributed by atoms with E-state index in [4.69, 9.17) is 0 Å². The molecule has 0 aliphatic carbocycles. The Kier molecular flexibility index (Phi) is 13.1. The minimum atomic E-state index is 0.0302. The highest BCUT2D eigenvalue weighted by atomic mass is 32.2. The van der Waals surface area contributed by atoms with Crippen LogP contribution in [0.5, 0.6) is 0 Å². The lowest BCUT2D eigenvalue weighted by atomic mass is 10.1. The van der Waals surface area contributed by atoms with Gasteiger partial charge in [0.15, 0.2) is 0 Å². The van der Waals surface area contributed by atoms with E-state index in [0.717, 1.165) is 39.9 Å². The lowest BCUT2D eigenvalue weighted by Crippen LogP contribution is -2.26. The number of carbonyl (C=O) groups is 1. The van der Waals surface area contributed by atoms with Crippen LogP contribution in [0.25, 0.3) is 10.8 Å². The minimum absolute atomic E-state index is 0.0302. The minimum Gasteiger partial charge on any atom is -0.325 e. The Hall–Kier alpha value is -1.20. The normalized spacial score (nSPS) is 12.2. The van der Waals surface area contributed by atoms with Crippen molar-refractivity contribution in [2.24, 2.45) is 0 Å². The van der Waals surface area contributed by atoms with Gasteiger partial charge in [0.1, 0.15) is 0 Å². The van der Waals surface area contributed by atoms with E-state index >= 15 is 0 Å². The zero-order valence-corrected chi connectivity index (χ0v) is 21.3. The lowest BCUT2D eigenvalue weighted by molar-refractivity contribution is -0.115. The van der Waals surface area contributed by atoms with Crippen molar-refractivity contribution in [3.05, 3.63) is 30.6 Å². The van der Waals surface area contributed by atoms with E-state index in [0.29, 0.717) is 0 Å². The second-order valence-electron chi connectivity index (χ2n) is 8.21. The van der Waals surface area contributed by atoms with Gasteiger partial charge in [-0.1, -0.05) is 83.8 Å². The van der Waals surface area contributed by atoms with Crippen LogP contribution in [0.1, 0.15) is 84.5 Å². The number of anilines is 1. The zero-order valence-electron chi connectivity index (χ0n) is 19.6. The quantitative estimate of drug-likeness (QED) is 0.202. The Morgan fingerprint density at radius 1 is 0.968 bits per heavy atom. The topological polar surface area (TPSA) is 42.0 Å². The van der Waals surface area contributed by atoms with Gasteiger partial charge >= 0.3 is 0 Å². The van der Waals surface area contributed by atoms with Gasteiger partial charge in [-0.25, -0.2) is 0 Å². The summed E-state index contributed by atoms with van der Waals surface area (Å²) in [6.07, 6.45) is 19.4. The number of aromatic nitrogens is 1. The van der Waals surface area contributed by atoms with Crippen molar-refractivity contribution in [2.75, 3.05) is 17.3 Å². The highest BCUT2D eigenvalue weighted by Gasteiger charge is 2.20. The maximum Gasteiger partial charge on any atom is 0.237 e. The Bertz CT molecular complexity index is 776. The zero-order chi connectivity index (χ0) is 22.3. The van der Waals surface area contributed by atoms with Crippen molar-refractivity contribution in [2.45, 2.75) is 94.6 Å². The summed E-state index contributed by atoms with van der Waals surface area (Å²) in [6, 6.07) is 6.09. The second-order valence-corrected chi connectivity index (χ2v) is 10.4. The number of carbonyl (C=O) groups excluding carboxylic acids is 1. The van der Waals surface area contributed by atoms with E-state index in [-0.39, 0.29) is 11.2 Å². The molecule has 0 bridgehead atoms. The molecule has 1 N–H and O–H groups in total. The first-order valence-corrected chi connectivity index (χ1v) is 14.3. The fraction of sp³-hybridized carbons (Fsp3) is 0.615. The van der Waals surface area contributed by atoms with Crippen LogP contribution in [0.2, 0.25) is 0 Å². The molecule has 3 nitrogen and oxygen atoms in total. The monoisotopic (exact) mass is 460 g/mol. The molecule has 0 spiro atoms. The summed E-state index contributed by atoms with van der Waals surface area (Å²) in [7, 11) is 0. The highest BCUT2D eigenvalue weighted by molar-refractivity contribution is 8.00. The van der Waals surface area contributed by atoms with Gasteiger partial charge in [0.2, 0.25) is 5.91 Å². The van der Waals surface area contributed by atoms with Crippen molar-refractivity contribution in [3.8, 4) is 0 Å². The number of hydrogen-bond acceptors (Lipinski definition) is 4. The average Bonchev–Trinajstić information content (AvgIpc) is 2.79. The number of fused-ring (bicyclic) bond motifs is 1. The molecular formula is C26H40N2OS2. The van der Waals surface area contributed by atoms with Crippen LogP contribution in [0, 0.1) is 0 Å². The Morgan fingerprint density at radius 2 is 1.68 bits per heavy atom.